The van der Waals surface area contributed by atoms with Crippen molar-refractivity contribution < 1.29 is 19.4 Å². The second-order valence-corrected chi connectivity index (χ2v) is 5.71. The smallest absolute Gasteiger partial charge is 0.342 e. The highest BCUT2D eigenvalue weighted by atomic mass is 16.5. The summed E-state index contributed by atoms with van der Waals surface area (Å²) in [5.74, 6) is -1.36. The van der Waals surface area contributed by atoms with Gasteiger partial charge in [0.15, 0.2) is 6.61 Å². The molecule has 3 rings (SSSR count). The van der Waals surface area contributed by atoms with Crippen LogP contribution in [-0.4, -0.2) is 23.6 Å². The lowest BCUT2D eigenvalue weighted by atomic mass is 10.1. The molecule has 0 fully saturated rings. The first kappa shape index (κ1) is 16.5. The van der Waals surface area contributed by atoms with Crippen molar-refractivity contribution in [3.8, 4) is 5.75 Å². The Morgan fingerprint density at radius 3 is 2.56 bits per heavy atom. The number of anilines is 1. The van der Waals surface area contributed by atoms with Crippen molar-refractivity contribution in [3.63, 3.8) is 0 Å². The molecule has 0 aliphatic rings. The zero-order valence-electron chi connectivity index (χ0n) is 13.7. The molecule has 5 heteroatoms. The summed E-state index contributed by atoms with van der Waals surface area (Å²) < 4.78 is 4.97. The SMILES string of the molecule is Cc1ccc(O)c(C(=O)OCC(=O)Nc2ccc3ccccc3c2)c1. The average molecular weight is 335 g/mol. The quantitative estimate of drug-likeness (QED) is 0.714. The van der Waals surface area contributed by atoms with Gasteiger partial charge in [0.2, 0.25) is 0 Å². The standard InChI is InChI=1S/C20H17NO4/c1-13-6-9-18(22)17(10-13)20(24)25-12-19(23)21-16-8-7-14-4-2-3-5-15(14)11-16/h2-11,22H,12H2,1H3,(H,21,23). The molecule has 0 saturated heterocycles. The summed E-state index contributed by atoms with van der Waals surface area (Å²) in [5.41, 5.74) is 1.47. The zero-order chi connectivity index (χ0) is 17.8. The number of benzene rings is 3. The van der Waals surface area contributed by atoms with Gasteiger partial charge in [0.05, 0.1) is 0 Å². The van der Waals surface area contributed by atoms with E-state index in [1.807, 2.05) is 36.4 Å². The van der Waals surface area contributed by atoms with Crippen molar-refractivity contribution in [3.05, 3.63) is 71.8 Å². The highest BCUT2D eigenvalue weighted by Gasteiger charge is 2.14. The maximum atomic E-state index is 12.0. The number of fused-ring (bicyclic) bond motifs is 1. The van der Waals surface area contributed by atoms with Gasteiger partial charge in [0.1, 0.15) is 11.3 Å². The van der Waals surface area contributed by atoms with E-state index in [1.54, 1.807) is 19.1 Å². The van der Waals surface area contributed by atoms with Crippen LogP contribution in [-0.2, 0) is 9.53 Å². The first-order valence-electron chi connectivity index (χ1n) is 7.78. The molecule has 0 radical (unpaired) electrons. The van der Waals surface area contributed by atoms with Crippen LogP contribution in [0.5, 0.6) is 5.75 Å². The van der Waals surface area contributed by atoms with Crippen LogP contribution in [0.2, 0.25) is 0 Å². The number of hydrogen-bond acceptors (Lipinski definition) is 4. The van der Waals surface area contributed by atoms with Crippen molar-refractivity contribution in [2.24, 2.45) is 0 Å². The minimum atomic E-state index is -0.741. The predicted octanol–water partition coefficient (Wildman–Crippen LogP) is 3.65. The predicted molar refractivity (Wildman–Crippen MR) is 95.7 cm³/mol. The fourth-order valence-corrected chi connectivity index (χ4v) is 2.49. The summed E-state index contributed by atoms with van der Waals surface area (Å²) in [6, 6.07) is 17.9. The number of aryl methyl sites for hydroxylation is 1. The summed E-state index contributed by atoms with van der Waals surface area (Å²) >= 11 is 0. The van der Waals surface area contributed by atoms with Crippen LogP contribution in [0.15, 0.2) is 60.7 Å². The fourth-order valence-electron chi connectivity index (χ4n) is 2.49. The Hall–Kier alpha value is -3.34. The lowest BCUT2D eigenvalue weighted by Gasteiger charge is -2.09. The van der Waals surface area contributed by atoms with Gasteiger partial charge in [-0.15, -0.1) is 0 Å². The van der Waals surface area contributed by atoms with E-state index in [0.717, 1.165) is 16.3 Å². The molecule has 0 saturated carbocycles. The minimum Gasteiger partial charge on any atom is -0.507 e. The molecule has 0 aliphatic carbocycles. The van der Waals surface area contributed by atoms with Gasteiger partial charge >= 0.3 is 5.97 Å². The van der Waals surface area contributed by atoms with E-state index >= 15 is 0 Å². The third-order valence-electron chi connectivity index (χ3n) is 3.74. The van der Waals surface area contributed by atoms with E-state index in [4.69, 9.17) is 4.74 Å². The number of amides is 1. The number of nitrogens with one attached hydrogen (secondary N) is 1. The molecule has 0 atom stereocenters. The van der Waals surface area contributed by atoms with E-state index in [2.05, 4.69) is 5.32 Å². The van der Waals surface area contributed by atoms with Crippen molar-refractivity contribution in [2.75, 3.05) is 11.9 Å². The number of aromatic hydroxyl groups is 1. The van der Waals surface area contributed by atoms with Gasteiger partial charge in [-0.3, -0.25) is 4.79 Å². The molecule has 126 valence electrons. The molecule has 0 aromatic heterocycles. The zero-order valence-corrected chi connectivity index (χ0v) is 13.7. The van der Waals surface area contributed by atoms with Crippen LogP contribution >= 0.6 is 0 Å². The van der Waals surface area contributed by atoms with Crippen LogP contribution < -0.4 is 5.32 Å². The highest BCUT2D eigenvalue weighted by Crippen LogP contribution is 2.20. The van der Waals surface area contributed by atoms with Gasteiger partial charge < -0.3 is 15.2 Å². The van der Waals surface area contributed by atoms with Crippen LogP contribution in [0.4, 0.5) is 5.69 Å². The van der Waals surface area contributed by atoms with Crippen LogP contribution in [0.3, 0.4) is 0 Å². The molecular weight excluding hydrogens is 318 g/mol. The number of rotatable bonds is 4. The van der Waals surface area contributed by atoms with E-state index in [-0.39, 0.29) is 11.3 Å². The summed E-state index contributed by atoms with van der Waals surface area (Å²) in [6.07, 6.45) is 0. The Kier molecular flexibility index (Phi) is 4.66. The maximum absolute atomic E-state index is 12.0. The third-order valence-corrected chi connectivity index (χ3v) is 3.74. The lowest BCUT2D eigenvalue weighted by molar-refractivity contribution is -0.119. The molecule has 1 amide bonds. The molecule has 0 heterocycles. The van der Waals surface area contributed by atoms with Gasteiger partial charge in [-0.2, -0.15) is 0 Å². The van der Waals surface area contributed by atoms with Crippen molar-refractivity contribution in [1.82, 2.24) is 0 Å². The Balaban J connectivity index is 1.62. The largest absolute Gasteiger partial charge is 0.507 e. The maximum Gasteiger partial charge on any atom is 0.342 e. The normalized spacial score (nSPS) is 10.4. The van der Waals surface area contributed by atoms with E-state index < -0.39 is 18.5 Å². The number of carbonyl (C=O) groups excluding carboxylic acids is 2. The summed E-state index contributed by atoms with van der Waals surface area (Å²) in [5, 5.41) is 14.5. The minimum absolute atomic E-state index is 0.0403. The first-order valence-corrected chi connectivity index (χ1v) is 7.78. The van der Waals surface area contributed by atoms with Crippen molar-refractivity contribution >= 4 is 28.3 Å². The Bertz CT molecular complexity index is 949. The van der Waals surface area contributed by atoms with Gasteiger partial charge in [-0.1, -0.05) is 42.0 Å². The summed E-state index contributed by atoms with van der Waals surface area (Å²) in [7, 11) is 0. The van der Waals surface area contributed by atoms with Gasteiger partial charge in [0, 0.05) is 5.69 Å². The summed E-state index contributed by atoms with van der Waals surface area (Å²) in [6.45, 7) is 1.36. The van der Waals surface area contributed by atoms with Crippen molar-refractivity contribution in [2.45, 2.75) is 6.92 Å². The summed E-state index contributed by atoms with van der Waals surface area (Å²) in [4.78, 5) is 24.0. The topological polar surface area (TPSA) is 75.6 Å². The van der Waals surface area contributed by atoms with Crippen molar-refractivity contribution in [1.29, 1.82) is 0 Å². The van der Waals surface area contributed by atoms with Gasteiger partial charge in [0.25, 0.3) is 5.91 Å². The molecule has 3 aromatic rings. The molecular formula is C20H17NO4. The number of phenols is 1. The Labute approximate surface area is 144 Å². The number of phenolic OH excluding ortho intramolecular Hbond substituents is 1. The number of carbonyl (C=O) groups is 2. The molecule has 0 unspecified atom stereocenters. The highest BCUT2D eigenvalue weighted by molar-refractivity contribution is 5.98. The second kappa shape index (κ2) is 7.05. The second-order valence-electron chi connectivity index (χ2n) is 5.71. The van der Waals surface area contributed by atoms with Gasteiger partial charge in [-0.05, 0) is 42.0 Å². The van der Waals surface area contributed by atoms with Crippen LogP contribution in [0.25, 0.3) is 10.8 Å². The Morgan fingerprint density at radius 2 is 1.76 bits per heavy atom. The monoisotopic (exact) mass is 335 g/mol. The average Bonchev–Trinajstić information content (AvgIpc) is 2.61. The van der Waals surface area contributed by atoms with E-state index in [1.165, 1.54) is 12.1 Å². The number of ether oxygens (including phenoxy) is 1. The molecule has 25 heavy (non-hydrogen) atoms. The Morgan fingerprint density at radius 1 is 1.00 bits per heavy atom. The van der Waals surface area contributed by atoms with Gasteiger partial charge in [-0.25, -0.2) is 4.79 Å². The van der Waals surface area contributed by atoms with E-state index in [0.29, 0.717) is 5.69 Å². The molecule has 0 spiro atoms. The van der Waals surface area contributed by atoms with Crippen LogP contribution in [0.1, 0.15) is 15.9 Å². The molecule has 2 N–H and O–H groups in total. The fraction of sp³-hybridized carbons (Fsp3) is 0.100. The lowest BCUT2D eigenvalue weighted by Crippen LogP contribution is -2.21. The third kappa shape index (κ3) is 3.95. The molecule has 3 aromatic carbocycles. The van der Waals surface area contributed by atoms with Crippen LogP contribution in [0, 0.1) is 6.92 Å². The molecule has 0 bridgehead atoms. The first-order chi connectivity index (χ1) is 12.0. The molecule has 0 aliphatic heterocycles. The number of hydrogen-bond donors (Lipinski definition) is 2. The molecule has 5 nitrogen and oxygen atoms in total. The van der Waals surface area contributed by atoms with E-state index in [9.17, 15) is 14.7 Å². The number of esters is 1.